The number of hydrogen-bond acceptors (Lipinski definition) is 4. The highest BCUT2D eigenvalue weighted by atomic mass is 32.2. The van der Waals surface area contributed by atoms with E-state index in [1.807, 2.05) is 6.92 Å². The molecule has 0 heterocycles. The number of nitrogens with one attached hydrogen (secondary N) is 1. The lowest BCUT2D eigenvalue weighted by Crippen LogP contribution is -2.54. The first-order chi connectivity index (χ1) is 12.9. The molecule has 0 unspecified atom stereocenters. The van der Waals surface area contributed by atoms with Crippen LogP contribution in [0.25, 0.3) is 0 Å². The highest BCUT2D eigenvalue weighted by Crippen LogP contribution is 2.68. The summed E-state index contributed by atoms with van der Waals surface area (Å²) in [6.45, 7) is 11.1. The Kier molecular flexibility index (Phi) is 4.45. The van der Waals surface area contributed by atoms with Gasteiger partial charge in [-0.05, 0) is 92.1 Å². The molecule has 4 aliphatic rings. The molecule has 28 heavy (non-hydrogen) atoms. The summed E-state index contributed by atoms with van der Waals surface area (Å²) in [5.74, 6) is 1.73. The maximum absolute atomic E-state index is 11.4. The Labute approximate surface area is 169 Å². The van der Waals surface area contributed by atoms with Crippen LogP contribution in [0, 0.1) is 28.6 Å². The number of hydrogen-bond donors (Lipinski definition) is 2. The summed E-state index contributed by atoms with van der Waals surface area (Å²) in [6.07, 6.45) is 10.2. The van der Waals surface area contributed by atoms with Crippen molar-refractivity contribution in [3.05, 3.63) is 23.8 Å². The summed E-state index contributed by atoms with van der Waals surface area (Å²) < 4.78 is 22.8. The Bertz CT molecular complexity index is 872. The summed E-state index contributed by atoms with van der Waals surface area (Å²) in [5.41, 5.74) is 2.74. The lowest BCUT2D eigenvalue weighted by Gasteiger charge is -2.59. The number of hydrazone groups is 1. The van der Waals surface area contributed by atoms with Crippen molar-refractivity contribution in [1.29, 1.82) is 0 Å². The molecule has 4 aliphatic carbocycles. The summed E-state index contributed by atoms with van der Waals surface area (Å²) in [6, 6.07) is 0. The van der Waals surface area contributed by atoms with E-state index in [1.54, 1.807) is 0 Å². The van der Waals surface area contributed by atoms with Gasteiger partial charge in [0, 0.05) is 0 Å². The predicted molar refractivity (Wildman–Crippen MR) is 112 cm³/mol. The van der Waals surface area contributed by atoms with Gasteiger partial charge in [-0.25, -0.2) is 13.2 Å². The minimum Gasteiger partial charge on any atom is -0.390 e. The Balaban J connectivity index is 1.66. The predicted octanol–water partition coefficient (Wildman–Crippen LogP) is 3.77. The van der Waals surface area contributed by atoms with Gasteiger partial charge in [-0.3, -0.25) is 0 Å². The molecule has 0 aliphatic heterocycles. The van der Waals surface area contributed by atoms with Crippen LogP contribution in [0.1, 0.15) is 65.7 Å². The van der Waals surface area contributed by atoms with Crippen molar-refractivity contribution in [2.24, 2.45) is 33.7 Å². The van der Waals surface area contributed by atoms with E-state index in [1.165, 1.54) is 11.1 Å². The van der Waals surface area contributed by atoms with Crippen LogP contribution in [0.3, 0.4) is 0 Å². The molecule has 5 nitrogen and oxygen atoms in total. The van der Waals surface area contributed by atoms with Crippen LogP contribution in [-0.2, 0) is 10.0 Å². The molecule has 0 bridgehead atoms. The van der Waals surface area contributed by atoms with Gasteiger partial charge in [0.25, 0.3) is 0 Å². The largest absolute Gasteiger partial charge is 0.390 e. The monoisotopic (exact) mass is 406 g/mol. The van der Waals surface area contributed by atoms with Gasteiger partial charge in [0.05, 0.1) is 17.6 Å². The SMILES string of the molecule is C=C1C[C@@H]2[C@H](CC[C@@]3(C)[C@H]2CC[C@]3(C)O)[C@@]2(C)CC/C(=N\NS(C)(=O)=O)C=C12. The van der Waals surface area contributed by atoms with E-state index >= 15 is 0 Å². The van der Waals surface area contributed by atoms with Gasteiger partial charge < -0.3 is 5.11 Å². The van der Waals surface area contributed by atoms with Crippen LogP contribution in [0.2, 0.25) is 0 Å². The summed E-state index contributed by atoms with van der Waals surface area (Å²) in [4.78, 5) is 2.27. The maximum atomic E-state index is 11.4. The van der Waals surface area contributed by atoms with Gasteiger partial charge in [-0.15, -0.1) is 0 Å². The molecule has 0 aromatic rings. The van der Waals surface area contributed by atoms with Crippen molar-refractivity contribution in [2.75, 3.05) is 6.26 Å². The van der Waals surface area contributed by atoms with Crippen molar-refractivity contribution in [3.8, 4) is 0 Å². The summed E-state index contributed by atoms with van der Waals surface area (Å²) in [7, 11) is -3.34. The first-order valence-corrected chi connectivity index (χ1v) is 12.4. The van der Waals surface area contributed by atoms with Crippen molar-refractivity contribution in [3.63, 3.8) is 0 Å². The van der Waals surface area contributed by atoms with Gasteiger partial charge in [0.1, 0.15) is 0 Å². The quantitative estimate of drug-likeness (QED) is 0.685. The number of rotatable bonds is 2. The second-order valence-corrected chi connectivity index (χ2v) is 12.1. The Morgan fingerprint density at radius 3 is 2.54 bits per heavy atom. The molecule has 0 aromatic carbocycles. The van der Waals surface area contributed by atoms with Gasteiger partial charge >= 0.3 is 0 Å². The smallest absolute Gasteiger partial charge is 0.244 e. The molecule has 2 N–H and O–H groups in total. The minimum atomic E-state index is -3.34. The highest BCUT2D eigenvalue weighted by Gasteiger charge is 2.62. The number of aliphatic hydroxyl groups is 1. The van der Waals surface area contributed by atoms with Gasteiger partial charge in [0.2, 0.25) is 10.0 Å². The molecule has 6 atom stereocenters. The molecule has 0 aromatic heterocycles. The van der Waals surface area contributed by atoms with E-state index in [4.69, 9.17) is 0 Å². The molecule has 0 spiro atoms. The molecule has 0 saturated heterocycles. The number of fused-ring (bicyclic) bond motifs is 5. The fraction of sp³-hybridized carbons (Fsp3) is 0.773. The Morgan fingerprint density at radius 2 is 1.86 bits per heavy atom. The summed E-state index contributed by atoms with van der Waals surface area (Å²) in [5, 5.41) is 15.2. The molecular formula is C22H34N2O3S. The third-order valence-corrected chi connectivity index (χ3v) is 9.29. The van der Waals surface area contributed by atoms with Crippen molar-refractivity contribution >= 4 is 15.7 Å². The third kappa shape index (κ3) is 2.90. The number of allylic oxidation sites excluding steroid dienone is 3. The molecular weight excluding hydrogens is 372 g/mol. The van der Waals surface area contributed by atoms with Crippen LogP contribution in [0.15, 0.2) is 28.9 Å². The fourth-order valence-electron chi connectivity index (χ4n) is 7.05. The Hall–Kier alpha value is -1.14. The minimum absolute atomic E-state index is 0.00666. The van der Waals surface area contributed by atoms with E-state index in [9.17, 15) is 13.5 Å². The van der Waals surface area contributed by atoms with Crippen LogP contribution < -0.4 is 4.83 Å². The Morgan fingerprint density at radius 1 is 1.18 bits per heavy atom. The molecule has 4 rings (SSSR count). The second kappa shape index (κ2) is 6.18. The van der Waals surface area contributed by atoms with Gasteiger partial charge in [0.15, 0.2) is 0 Å². The van der Waals surface area contributed by atoms with Gasteiger partial charge in [-0.2, -0.15) is 5.10 Å². The lowest BCUT2D eigenvalue weighted by molar-refractivity contribution is -0.113. The average molecular weight is 407 g/mol. The zero-order chi connectivity index (χ0) is 20.5. The second-order valence-electron chi connectivity index (χ2n) is 10.4. The maximum Gasteiger partial charge on any atom is 0.244 e. The van der Waals surface area contributed by atoms with Crippen LogP contribution in [0.5, 0.6) is 0 Å². The van der Waals surface area contributed by atoms with E-state index in [0.29, 0.717) is 17.8 Å². The normalized spacial score (nSPS) is 47.2. The van der Waals surface area contributed by atoms with E-state index in [0.717, 1.165) is 56.9 Å². The standard InChI is InChI=1S/C22H34N2O3S/c1-14-12-16-17(7-10-21(3)18(16)8-11-22(21,4)25)20(2)9-6-15(13-19(14)20)23-24-28(5,26)27/h13,16-18,24-25H,1,6-12H2,2-5H3/b23-15+/t16-,17+,18+,20-,21+,22+/m1/s1. The first kappa shape index (κ1) is 20.1. The number of sulfonamides is 1. The molecule has 6 heteroatoms. The fourth-order valence-corrected chi connectivity index (χ4v) is 7.33. The topological polar surface area (TPSA) is 78.8 Å². The van der Waals surface area contributed by atoms with E-state index in [-0.39, 0.29) is 10.8 Å². The molecule has 0 radical (unpaired) electrons. The molecule has 3 saturated carbocycles. The van der Waals surface area contributed by atoms with Crippen molar-refractivity contribution in [1.82, 2.24) is 4.83 Å². The van der Waals surface area contributed by atoms with Crippen LogP contribution in [0.4, 0.5) is 0 Å². The highest BCUT2D eigenvalue weighted by molar-refractivity contribution is 7.88. The first-order valence-electron chi connectivity index (χ1n) is 10.5. The van der Waals surface area contributed by atoms with Crippen LogP contribution in [-0.4, -0.2) is 31.1 Å². The van der Waals surface area contributed by atoms with Gasteiger partial charge in [-0.1, -0.05) is 26.0 Å². The average Bonchev–Trinajstić information content (AvgIpc) is 2.83. The molecule has 0 amide bonds. The van der Waals surface area contributed by atoms with E-state index in [2.05, 4.69) is 36.4 Å². The number of nitrogens with zero attached hydrogens (tertiary/aromatic N) is 1. The third-order valence-electron chi connectivity index (χ3n) is 8.86. The van der Waals surface area contributed by atoms with E-state index < -0.39 is 15.6 Å². The van der Waals surface area contributed by atoms with Crippen LogP contribution >= 0.6 is 0 Å². The summed E-state index contributed by atoms with van der Waals surface area (Å²) >= 11 is 0. The zero-order valence-electron chi connectivity index (χ0n) is 17.6. The zero-order valence-corrected chi connectivity index (χ0v) is 18.4. The van der Waals surface area contributed by atoms with Crippen molar-refractivity contribution in [2.45, 2.75) is 71.3 Å². The molecule has 156 valence electrons. The van der Waals surface area contributed by atoms with Crippen molar-refractivity contribution < 1.29 is 13.5 Å². The molecule has 3 fully saturated rings. The lowest BCUT2D eigenvalue weighted by atomic mass is 9.46.